The summed E-state index contributed by atoms with van der Waals surface area (Å²) in [6.07, 6.45) is 4.97. The lowest BCUT2D eigenvalue weighted by Crippen LogP contribution is -2.56. The Morgan fingerprint density at radius 1 is 1.03 bits per heavy atom. The van der Waals surface area contributed by atoms with E-state index in [-0.39, 0.29) is 17.6 Å². The van der Waals surface area contributed by atoms with Crippen molar-refractivity contribution >= 4 is 16.1 Å². The minimum atomic E-state index is -3.47. The lowest BCUT2D eigenvalue weighted by molar-refractivity contribution is 0.0957. The van der Waals surface area contributed by atoms with Gasteiger partial charge in [-0.2, -0.15) is 4.31 Å². The molecule has 2 heterocycles. The molecule has 0 aliphatic carbocycles. The van der Waals surface area contributed by atoms with Crippen LogP contribution in [0.4, 0.5) is 4.79 Å². The van der Waals surface area contributed by atoms with Gasteiger partial charge in [-0.25, -0.2) is 13.2 Å². The largest absolute Gasteiger partial charge is 0.336 e. The van der Waals surface area contributed by atoms with Gasteiger partial charge in [0.25, 0.3) is 0 Å². The highest BCUT2D eigenvalue weighted by Gasteiger charge is 2.31. The molecule has 3 rings (SSSR count). The highest BCUT2D eigenvalue weighted by molar-refractivity contribution is 7.89. The number of likely N-dealkylation sites (tertiary alicyclic amines) is 1. The van der Waals surface area contributed by atoms with Crippen LogP contribution in [-0.4, -0.2) is 68.0 Å². The van der Waals surface area contributed by atoms with Gasteiger partial charge in [-0.15, -0.1) is 0 Å². The molecule has 0 radical (unpaired) electrons. The second kappa shape index (κ2) is 9.66. The molecule has 2 amide bonds. The second-order valence-corrected chi connectivity index (χ2v) is 11.1. The van der Waals surface area contributed by atoms with Crippen LogP contribution in [0.1, 0.15) is 51.5 Å². The van der Waals surface area contributed by atoms with E-state index in [1.165, 1.54) is 23.6 Å². The number of hydrogen-bond donors (Lipinski definition) is 2. The smallest absolute Gasteiger partial charge is 0.315 e. The molecule has 0 aromatic heterocycles. The normalized spacial score (nSPS) is 20.1. The van der Waals surface area contributed by atoms with E-state index in [1.54, 1.807) is 12.1 Å². The average molecular weight is 437 g/mol. The van der Waals surface area contributed by atoms with Crippen LogP contribution in [0, 0.1) is 6.92 Å². The fourth-order valence-electron chi connectivity index (χ4n) is 4.24. The van der Waals surface area contributed by atoms with E-state index in [0.29, 0.717) is 37.4 Å². The molecule has 0 atom stereocenters. The number of sulfonamides is 1. The van der Waals surface area contributed by atoms with E-state index in [2.05, 4.69) is 29.4 Å². The number of rotatable bonds is 6. The number of amides is 2. The molecule has 7 nitrogen and oxygen atoms in total. The van der Waals surface area contributed by atoms with Crippen LogP contribution >= 0.6 is 0 Å². The van der Waals surface area contributed by atoms with E-state index < -0.39 is 10.0 Å². The summed E-state index contributed by atoms with van der Waals surface area (Å²) in [5, 5.41) is 6.04. The molecule has 0 saturated carbocycles. The molecule has 2 aliphatic rings. The molecule has 2 fully saturated rings. The Bertz CT molecular complexity index is 809. The zero-order valence-electron chi connectivity index (χ0n) is 18.5. The quantitative estimate of drug-likeness (QED) is 0.718. The van der Waals surface area contributed by atoms with Crippen LogP contribution in [0.25, 0.3) is 0 Å². The van der Waals surface area contributed by atoms with Gasteiger partial charge in [0.15, 0.2) is 0 Å². The number of carbonyl (C=O) groups is 1. The summed E-state index contributed by atoms with van der Waals surface area (Å²) in [6.45, 7) is 9.89. The third-order valence-corrected chi connectivity index (χ3v) is 8.25. The first kappa shape index (κ1) is 23.0. The zero-order valence-corrected chi connectivity index (χ0v) is 19.3. The number of piperidine rings is 2. The van der Waals surface area contributed by atoms with E-state index in [9.17, 15) is 13.2 Å². The van der Waals surface area contributed by atoms with Gasteiger partial charge in [-0.05, 0) is 71.7 Å². The lowest BCUT2D eigenvalue weighted by Gasteiger charge is -2.41. The van der Waals surface area contributed by atoms with E-state index >= 15 is 0 Å². The van der Waals surface area contributed by atoms with Crippen LogP contribution in [0.3, 0.4) is 0 Å². The molecular formula is C22H36N4O3S. The molecule has 8 heteroatoms. The summed E-state index contributed by atoms with van der Waals surface area (Å²) in [5.41, 5.74) is 0.967. The fraction of sp³-hybridized carbons (Fsp3) is 0.682. The summed E-state index contributed by atoms with van der Waals surface area (Å²) in [7, 11) is -3.47. The Hall–Kier alpha value is -1.64. The summed E-state index contributed by atoms with van der Waals surface area (Å²) < 4.78 is 27.1. The molecule has 168 valence electrons. The molecule has 2 saturated heterocycles. The van der Waals surface area contributed by atoms with Gasteiger partial charge in [0.1, 0.15) is 0 Å². The highest BCUT2D eigenvalue weighted by Crippen LogP contribution is 2.22. The van der Waals surface area contributed by atoms with E-state index in [4.69, 9.17) is 0 Å². The standard InChI is InChI=1S/C22H36N4O3S/c1-18-7-9-20(10-8-18)30(28,29)26-15-11-19(12-16-26)24-21(27)23-17-22(2,3)25-13-5-4-6-14-25/h7-10,19H,4-6,11-17H2,1-3H3,(H2,23,24,27). The number of aryl methyl sites for hydroxylation is 1. The van der Waals surface area contributed by atoms with Crippen molar-refractivity contribution in [3.8, 4) is 0 Å². The minimum Gasteiger partial charge on any atom is -0.336 e. The molecule has 0 bridgehead atoms. The van der Waals surface area contributed by atoms with E-state index in [0.717, 1.165) is 18.7 Å². The number of benzene rings is 1. The predicted octanol–water partition coefficient (Wildman–Crippen LogP) is 2.71. The SMILES string of the molecule is Cc1ccc(S(=O)(=O)N2CCC(NC(=O)NCC(C)(C)N3CCCCC3)CC2)cc1. The zero-order chi connectivity index (χ0) is 21.8. The minimum absolute atomic E-state index is 0.00688. The second-order valence-electron chi connectivity index (χ2n) is 9.18. The maximum atomic E-state index is 12.8. The molecule has 2 aliphatic heterocycles. The van der Waals surface area contributed by atoms with Crippen LogP contribution in [-0.2, 0) is 10.0 Å². The number of nitrogens with one attached hydrogen (secondary N) is 2. The van der Waals surface area contributed by atoms with Crippen molar-refractivity contribution in [2.75, 3.05) is 32.7 Å². The first-order valence-electron chi connectivity index (χ1n) is 11.0. The van der Waals surface area contributed by atoms with Crippen LogP contribution in [0.5, 0.6) is 0 Å². The van der Waals surface area contributed by atoms with Crippen molar-refractivity contribution in [1.82, 2.24) is 19.8 Å². The molecule has 0 spiro atoms. The van der Waals surface area contributed by atoms with Gasteiger partial charge in [-0.3, -0.25) is 4.90 Å². The Morgan fingerprint density at radius 3 is 2.23 bits per heavy atom. The summed E-state index contributed by atoms with van der Waals surface area (Å²) in [6, 6.07) is 6.78. The summed E-state index contributed by atoms with van der Waals surface area (Å²) >= 11 is 0. The molecule has 30 heavy (non-hydrogen) atoms. The Morgan fingerprint density at radius 2 is 1.63 bits per heavy atom. The fourth-order valence-corrected chi connectivity index (χ4v) is 5.71. The number of carbonyl (C=O) groups excluding carboxylic acids is 1. The van der Waals surface area contributed by atoms with Crippen molar-refractivity contribution in [3.05, 3.63) is 29.8 Å². The number of nitrogens with zero attached hydrogens (tertiary/aromatic N) is 2. The maximum Gasteiger partial charge on any atom is 0.315 e. The molecule has 1 aromatic rings. The molecule has 1 aromatic carbocycles. The third kappa shape index (κ3) is 5.74. The van der Waals surface area contributed by atoms with Gasteiger partial charge in [0.2, 0.25) is 10.0 Å². The molecule has 0 unspecified atom stereocenters. The Balaban J connectivity index is 1.45. The molecular weight excluding hydrogens is 400 g/mol. The van der Waals surface area contributed by atoms with Crippen molar-refractivity contribution in [1.29, 1.82) is 0 Å². The predicted molar refractivity (Wildman–Crippen MR) is 119 cm³/mol. The van der Waals surface area contributed by atoms with Crippen molar-refractivity contribution in [3.63, 3.8) is 0 Å². The van der Waals surface area contributed by atoms with Crippen LogP contribution in [0.2, 0.25) is 0 Å². The maximum absolute atomic E-state index is 12.8. The van der Waals surface area contributed by atoms with Gasteiger partial charge in [-0.1, -0.05) is 24.1 Å². The topological polar surface area (TPSA) is 81.8 Å². The number of hydrogen-bond acceptors (Lipinski definition) is 4. The van der Waals surface area contributed by atoms with Crippen molar-refractivity contribution in [2.45, 2.75) is 69.4 Å². The first-order chi connectivity index (χ1) is 14.2. The van der Waals surface area contributed by atoms with Crippen molar-refractivity contribution < 1.29 is 13.2 Å². The molecule has 2 N–H and O–H groups in total. The lowest BCUT2D eigenvalue weighted by atomic mass is 9.98. The van der Waals surface area contributed by atoms with Gasteiger partial charge in [0.05, 0.1) is 4.90 Å². The van der Waals surface area contributed by atoms with Crippen LogP contribution in [0.15, 0.2) is 29.2 Å². The van der Waals surface area contributed by atoms with Gasteiger partial charge >= 0.3 is 6.03 Å². The van der Waals surface area contributed by atoms with Gasteiger partial charge < -0.3 is 10.6 Å². The third-order valence-electron chi connectivity index (χ3n) is 6.34. The Kier molecular flexibility index (Phi) is 7.42. The summed E-state index contributed by atoms with van der Waals surface area (Å²) in [5.74, 6) is 0. The van der Waals surface area contributed by atoms with E-state index in [1.807, 2.05) is 19.1 Å². The van der Waals surface area contributed by atoms with Crippen molar-refractivity contribution in [2.24, 2.45) is 0 Å². The van der Waals surface area contributed by atoms with Gasteiger partial charge in [0, 0.05) is 31.2 Å². The highest BCUT2D eigenvalue weighted by atomic mass is 32.2. The first-order valence-corrected chi connectivity index (χ1v) is 12.5. The summed E-state index contributed by atoms with van der Waals surface area (Å²) in [4.78, 5) is 15.2. The monoisotopic (exact) mass is 436 g/mol. The average Bonchev–Trinajstić information content (AvgIpc) is 2.74. The van der Waals surface area contributed by atoms with Crippen LogP contribution < -0.4 is 10.6 Å². The Labute approximate surface area is 181 Å². The number of urea groups is 1.